The number of hydrogen-bond donors (Lipinski definition) is 0. The molecule has 1 aromatic heterocycles. The van der Waals surface area contributed by atoms with Crippen molar-refractivity contribution in [3.05, 3.63) is 36.0 Å². The molecule has 1 heterocycles. The zero-order chi connectivity index (χ0) is 13.0. The zero-order valence-corrected chi connectivity index (χ0v) is 12.4. The minimum absolute atomic E-state index is 0.776. The number of pyridine rings is 1. The lowest BCUT2D eigenvalue weighted by molar-refractivity contribution is 0.558. The van der Waals surface area contributed by atoms with Crippen LogP contribution in [0.15, 0.2) is 30.3 Å². The summed E-state index contributed by atoms with van der Waals surface area (Å²) < 4.78 is 5.94. The number of nitrogens with zero attached hydrogens (tertiary/aromatic N) is 1. The van der Waals surface area contributed by atoms with Crippen molar-refractivity contribution in [2.24, 2.45) is 0 Å². The van der Waals surface area contributed by atoms with Crippen LogP contribution < -0.4 is 4.43 Å². The van der Waals surface area contributed by atoms with Crippen LogP contribution in [0.5, 0.6) is 5.88 Å². The third-order valence-corrected chi connectivity index (χ3v) is 3.45. The Morgan fingerprint density at radius 3 is 2.72 bits per heavy atom. The molecule has 0 aliphatic carbocycles. The fourth-order valence-corrected chi connectivity index (χ4v) is 2.52. The smallest absolute Gasteiger partial charge is 0.276 e. The van der Waals surface area contributed by atoms with Gasteiger partial charge in [-0.25, -0.2) is 4.98 Å². The Kier molecular flexibility index (Phi) is 4.36. The second-order valence-corrected chi connectivity index (χ2v) is 6.77. The monoisotopic (exact) mass is 258 g/mol. The molecule has 0 aliphatic rings. The highest BCUT2D eigenvalue weighted by atomic mass is 28.3. The number of aryl methyl sites for hydroxylation is 1. The van der Waals surface area contributed by atoms with Gasteiger partial charge in [0.05, 0.1) is 0 Å². The van der Waals surface area contributed by atoms with Gasteiger partial charge in [-0.05, 0) is 43.5 Å². The van der Waals surface area contributed by atoms with Gasteiger partial charge in [-0.3, -0.25) is 0 Å². The first-order valence-electron chi connectivity index (χ1n) is 6.57. The Bertz CT molecular complexity index is 525. The Hall–Kier alpha value is -1.35. The van der Waals surface area contributed by atoms with Crippen LogP contribution in [0.3, 0.4) is 0 Å². The summed E-state index contributed by atoms with van der Waals surface area (Å²) >= 11 is 0. The molecule has 2 nitrogen and oxygen atoms in total. The van der Waals surface area contributed by atoms with E-state index in [0.717, 1.165) is 23.4 Å². The second-order valence-electron chi connectivity index (χ2n) is 4.75. The van der Waals surface area contributed by atoms with Gasteiger partial charge in [0.15, 0.2) is 0 Å². The third-order valence-electron chi connectivity index (χ3n) is 2.85. The van der Waals surface area contributed by atoms with Crippen LogP contribution >= 0.6 is 0 Å². The van der Waals surface area contributed by atoms with Crippen LogP contribution in [-0.4, -0.2) is 14.0 Å². The van der Waals surface area contributed by atoms with E-state index in [9.17, 15) is 0 Å². The minimum atomic E-state index is -0.776. The van der Waals surface area contributed by atoms with Crippen molar-refractivity contribution in [1.82, 2.24) is 4.98 Å². The van der Waals surface area contributed by atoms with Gasteiger partial charge in [0.2, 0.25) is 5.88 Å². The largest absolute Gasteiger partial charge is 0.529 e. The fourth-order valence-electron chi connectivity index (χ4n) is 1.98. The molecule has 2 aromatic rings. The minimum Gasteiger partial charge on any atom is -0.529 e. The highest BCUT2D eigenvalue weighted by Crippen LogP contribution is 2.25. The van der Waals surface area contributed by atoms with Crippen molar-refractivity contribution in [1.29, 1.82) is 0 Å². The molecule has 1 aromatic carbocycles. The second kappa shape index (κ2) is 6.00. The molecule has 0 fully saturated rings. The van der Waals surface area contributed by atoms with Crippen LogP contribution in [0.2, 0.25) is 13.1 Å². The molecule has 18 heavy (non-hydrogen) atoms. The molecular formula is C15H20NOSi. The number of unbranched alkanes of at least 4 members (excludes halogenated alkanes) is 1. The lowest BCUT2D eigenvalue weighted by atomic mass is 10.1. The van der Waals surface area contributed by atoms with Gasteiger partial charge in [-0.1, -0.05) is 31.5 Å². The van der Waals surface area contributed by atoms with Crippen LogP contribution in [0.25, 0.3) is 10.8 Å². The number of rotatable bonds is 5. The van der Waals surface area contributed by atoms with Crippen LogP contribution in [-0.2, 0) is 6.42 Å². The first-order valence-corrected chi connectivity index (χ1v) is 8.98. The van der Waals surface area contributed by atoms with E-state index in [1.807, 2.05) is 6.07 Å². The predicted molar refractivity (Wildman–Crippen MR) is 78.5 cm³/mol. The lowest BCUT2D eigenvalue weighted by Crippen LogP contribution is -2.13. The molecular weight excluding hydrogens is 238 g/mol. The lowest BCUT2D eigenvalue weighted by Gasteiger charge is -2.12. The SMILES string of the molecule is CCCCc1cc2ccccc2c(O[Si](C)C)n1. The van der Waals surface area contributed by atoms with E-state index in [4.69, 9.17) is 4.43 Å². The molecule has 0 spiro atoms. The first kappa shape index (κ1) is 13.1. The average Bonchev–Trinajstić information content (AvgIpc) is 2.35. The number of aromatic nitrogens is 1. The third kappa shape index (κ3) is 3.10. The van der Waals surface area contributed by atoms with Crippen molar-refractivity contribution in [2.75, 3.05) is 0 Å². The molecule has 0 saturated carbocycles. The summed E-state index contributed by atoms with van der Waals surface area (Å²) in [5.74, 6) is 0.818. The summed E-state index contributed by atoms with van der Waals surface area (Å²) in [6, 6.07) is 10.5. The summed E-state index contributed by atoms with van der Waals surface area (Å²) in [4.78, 5) is 4.68. The van der Waals surface area contributed by atoms with Crippen LogP contribution in [0, 0.1) is 0 Å². The van der Waals surface area contributed by atoms with E-state index in [-0.39, 0.29) is 0 Å². The van der Waals surface area contributed by atoms with E-state index in [0.29, 0.717) is 0 Å². The van der Waals surface area contributed by atoms with Gasteiger partial charge < -0.3 is 4.43 Å². The van der Waals surface area contributed by atoms with Crippen molar-refractivity contribution >= 4 is 19.8 Å². The maximum absolute atomic E-state index is 5.94. The standard InChI is InChI=1S/C15H20NOSi/c1-4-5-9-13-11-12-8-6-7-10-14(12)15(16-13)17-18(2)3/h6-8,10-11H,4-5,9H2,1-3H3. The molecule has 3 heteroatoms. The zero-order valence-electron chi connectivity index (χ0n) is 11.4. The van der Waals surface area contributed by atoms with Gasteiger partial charge in [-0.2, -0.15) is 0 Å². The van der Waals surface area contributed by atoms with E-state index < -0.39 is 9.04 Å². The highest BCUT2D eigenvalue weighted by molar-refractivity contribution is 6.49. The van der Waals surface area contributed by atoms with Crippen LogP contribution in [0.4, 0.5) is 0 Å². The van der Waals surface area contributed by atoms with Crippen molar-refractivity contribution < 1.29 is 4.43 Å². The summed E-state index contributed by atoms with van der Waals surface area (Å²) in [6.07, 6.45) is 3.41. The van der Waals surface area contributed by atoms with E-state index in [1.54, 1.807) is 0 Å². The quantitative estimate of drug-likeness (QED) is 0.750. The first-order chi connectivity index (χ1) is 8.70. The van der Waals surface area contributed by atoms with E-state index in [1.165, 1.54) is 18.2 Å². The Morgan fingerprint density at radius 1 is 1.22 bits per heavy atom. The number of benzene rings is 1. The van der Waals surface area contributed by atoms with Crippen molar-refractivity contribution in [3.63, 3.8) is 0 Å². The molecule has 0 bridgehead atoms. The van der Waals surface area contributed by atoms with Gasteiger partial charge in [0, 0.05) is 11.1 Å². The average molecular weight is 258 g/mol. The number of hydrogen-bond acceptors (Lipinski definition) is 2. The Balaban J connectivity index is 2.43. The van der Waals surface area contributed by atoms with Gasteiger partial charge >= 0.3 is 0 Å². The summed E-state index contributed by atoms with van der Waals surface area (Å²) in [6.45, 7) is 6.48. The molecule has 2 rings (SSSR count). The Labute approximate surface area is 111 Å². The van der Waals surface area contributed by atoms with E-state index >= 15 is 0 Å². The molecule has 0 unspecified atom stereocenters. The molecule has 0 amide bonds. The van der Waals surface area contributed by atoms with Crippen molar-refractivity contribution in [2.45, 2.75) is 39.3 Å². The molecule has 95 valence electrons. The molecule has 1 radical (unpaired) electrons. The van der Waals surface area contributed by atoms with Gasteiger partial charge in [0.25, 0.3) is 9.04 Å². The Morgan fingerprint density at radius 2 is 2.00 bits per heavy atom. The summed E-state index contributed by atoms with van der Waals surface area (Å²) in [7, 11) is -0.776. The molecule has 0 saturated heterocycles. The number of fused-ring (bicyclic) bond motifs is 1. The van der Waals surface area contributed by atoms with E-state index in [2.05, 4.69) is 49.3 Å². The summed E-state index contributed by atoms with van der Waals surface area (Å²) in [5, 5.41) is 2.36. The molecule has 0 aliphatic heterocycles. The predicted octanol–water partition coefficient (Wildman–Crippen LogP) is 4.21. The fraction of sp³-hybridized carbons (Fsp3) is 0.400. The normalized spacial score (nSPS) is 11.1. The van der Waals surface area contributed by atoms with Crippen LogP contribution in [0.1, 0.15) is 25.5 Å². The summed E-state index contributed by atoms with van der Waals surface area (Å²) in [5.41, 5.74) is 1.15. The highest BCUT2D eigenvalue weighted by Gasteiger charge is 2.09. The van der Waals surface area contributed by atoms with Crippen molar-refractivity contribution in [3.8, 4) is 5.88 Å². The molecule has 0 atom stereocenters. The maximum atomic E-state index is 5.94. The van der Waals surface area contributed by atoms with Gasteiger partial charge in [0.1, 0.15) is 0 Å². The molecule has 0 N–H and O–H groups in total. The maximum Gasteiger partial charge on any atom is 0.276 e. The topological polar surface area (TPSA) is 22.1 Å². The van der Waals surface area contributed by atoms with Gasteiger partial charge in [-0.15, -0.1) is 0 Å².